The van der Waals surface area contributed by atoms with E-state index >= 15 is 0 Å². The number of thiazole rings is 1. The highest BCUT2D eigenvalue weighted by Gasteiger charge is 2.40. The molecule has 0 bridgehead atoms. The molecule has 1 aliphatic heterocycles. The summed E-state index contributed by atoms with van der Waals surface area (Å²) in [4.78, 5) is 18.5. The maximum Gasteiger partial charge on any atom is 0.407 e. The lowest BCUT2D eigenvalue weighted by Crippen LogP contribution is -2.48. The van der Waals surface area contributed by atoms with Gasteiger partial charge in [0, 0.05) is 23.4 Å². The molecule has 1 amide bonds. The smallest absolute Gasteiger partial charge is 0.407 e. The molecule has 0 unspecified atom stereocenters. The highest BCUT2D eigenvalue weighted by Crippen LogP contribution is 2.42. The number of aromatic nitrogens is 1. The molecule has 0 aromatic carbocycles. The molecule has 0 spiro atoms. The van der Waals surface area contributed by atoms with Gasteiger partial charge in [0.05, 0.1) is 5.69 Å². The monoisotopic (exact) mass is 253 g/mol. The number of hydrogen-bond acceptors (Lipinski definition) is 4. The maximum atomic E-state index is 11.2. The molecule has 1 saturated heterocycles. The zero-order valence-corrected chi connectivity index (χ0v) is 10.2. The van der Waals surface area contributed by atoms with Crippen molar-refractivity contribution in [1.82, 2.24) is 9.88 Å². The Labute approximate surface area is 103 Å². The van der Waals surface area contributed by atoms with Crippen LogP contribution in [0.2, 0.25) is 0 Å². The van der Waals surface area contributed by atoms with Gasteiger partial charge in [-0.05, 0) is 25.7 Å². The predicted molar refractivity (Wildman–Crippen MR) is 65.3 cm³/mol. The Bertz CT molecular complexity index is 460. The first-order valence-electron chi connectivity index (χ1n) is 5.91. The molecule has 1 aliphatic carbocycles. The van der Waals surface area contributed by atoms with E-state index in [-0.39, 0.29) is 12.0 Å². The minimum Gasteiger partial charge on any atom is -0.465 e. The summed E-state index contributed by atoms with van der Waals surface area (Å²) in [5.74, 6) is 0.261. The summed E-state index contributed by atoms with van der Waals surface area (Å²) in [6.45, 7) is 0.658. The van der Waals surface area contributed by atoms with Gasteiger partial charge in [-0.1, -0.05) is 0 Å². The molecule has 6 heteroatoms. The van der Waals surface area contributed by atoms with Crippen molar-refractivity contribution in [3.05, 3.63) is 10.6 Å². The summed E-state index contributed by atoms with van der Waals surface area (Å²) in [6.07, 6.45) is 2.97. The van der Waals surface area contributed by atoms with E-state index < -0.39 is 6.09 Å². The first-order valence-corrected chi connectivity index (χ1v) is 6.73. The van der Waals surface area contributed by atoms with Crippen molar-refractivity contribution in [2.24, 2.45) is 0 Å². The topological polar surface area (TPSA) is 79.5 Å². The largest absolute Gasteiger partial charge is 0.465 e. The molecule has 5 nitrogen and oxygen atoms in total. The van der Waals surface area contributed by atoms with E-state index in [0.717, 1.165) is 31.4 Å². The van der Waals surface area contributed by atoms with E-state index in [0.29, 0.717) is 11.7 Å². The molecule has 2 atom stereocenters. The number of carbonyl (C=O) groups is 1. The summed E-state index contributed by atoms with van der Waals surface area (Å²) < 4.78 is 0. The van der Waals surface area contributed by atoms with Gasteiger partial charge in [-0.3, -0.25) is 0 Å². The first-order chi connectivity index (χ1) is 8.16. The van der Waals surface area contributed by atoms with Gasteiger partial charge in [0.2, 0.25) is 0 Å². The van der Waals surface area contributed by atoms with Crippen molar-refractivity contribution >= 4 is 22.6 Å². The van der Waals surface area contributed by atoms with E-state index in [2.05, 4.69) is 4.98 Å². The second-order valence-corrected chi connectivity index (χ2v) is 5.81. The van der Waals surface area contributed by atoms with Gasteiger partial charge in [0.15, 0.2) is 5.13 Å². The van der Waals surface area contributed by atoms with Crippen molar-refractivity contribution in [3.63, 3.8) is 0 Å². The molecule has 1 aromatic heterocycles. The number of aryl methyl sites for hydroxylation is 1. The Morgan fingerprint density at radius 3 is 3.12 bits per heavy atom. The van der Waals surface area contributed by atoms with E-state index in [9.17, 15) is 9.90 Å². The number of hydrogen-bond donors (Lipinski definition) is 2. The van der Waals surface area contributed by atoms with Gasteiger partial charge in [-0.25, -0.2) is 9.78 Å². The summed E-state index contributed by atoms with van der Waals surface area (Å²) in [5, 5.41) is 9.83. The average Bonchev–Trinajstić information content (AvgIpc) is 2.68. The molecule has 3 N–H and O–H groups in total. The molecular formula is C11H15N3O2S. The number of anilines is 1. The Morgan fingerprint density at radius 1 is 1.53 bits per heavy atom. The molecule has 1 fully saturated rings. The van der Waals surface area contributed by atoms with Crippen LogP contribution in [0.5, 0.6) is 0 Å². The average molecular weight is 253 g/mol. The Kier molecular flexibility index (Phi) is 2.47. The van der Waals surface area contributed by atoms with Crippen LogP contribution in [0.4, 0.5) is 9.93 Å². The van der Waals surface area contributed by atoms with Crippen molar-refractivity contribution < 1.29 is 9.90 Å². The molecule has 0 saturated carbocycles. The fraction of sp³-hybridized carbons (Fsp3) is 0.636. The number of piperidine rings is 1. The number of likely N-dealkylation sites (tertiary alicyclic amines) is 1. The molecular weight excluding hydrogens is 238 g/mol. The van der Waals surface area contributed by atoms with Crippen LogP contribution in [0.1, 0.15) is 35.8 Å². The normalized spacial score (nSPS) is 27.4. The van der Waals surface area contributed by atoms with Crippen LogP contribution in [0.3, 0.4) is 0 Å². The lowest BCUT2D eigenvalue weighted by molar-refractivity contribution is 0.0893. The van der Waals surface area contributed by atoms with Crippen molar-refractivity contribution in [2.75, 3.05) is 12.3 Å². The standard InChI is InChI=1S/C11H15N3O2S/c12-10-13-9-6-2-1-5-14(11(15)16)7(6)3-4-8(9)17-10/h6-7H,1-5H2,(H2,12,13)(H,15,16)/t6-,7-/m1/s1. The van der Waals surface area contributed by atoms with Crippen molar-refractivity contribution in [2.45, 2.75) is 37.6 Å². The number of nitrogens with zero attached hydrogens (tertiary/aromatic N) is 2. The zero-order chi connectivity index (χ0) is 12.0. The minimum atomic E-state index is -0.800. The number of carboxylic acid groups (broad SMARTS) is 1. The van der Waals surface area contributed by atoms with Crippen LogP contribution in [-0.4, -0.2) is 33.7 Å². The van der Waals surface area contributed by atoms with E-state index in [1.807, 2.05) is 0 Å². The Hall–Kier alpha value is -1.30. The van der Waals surface area contributed by atoms with Crippen LogP contribution < -0.4 is 5.73 Å². The van der Waals surface area contributed by atoms with Gasteiger partial charge in [-0.2, -0.15) is 0 Å². The molecule has 92 valence electrons. The zero-order valence-electron chi connectivity index (χ0n) is 9.43. The highest BCUT2D eigenvalue weighted by atomic mass is 32.1. The second kappa shape index (κ2) is 3.87. The van der Waals surface area contributed by atoms with Gasteiger partial charge in [0.1, 0.15) is 0 Å². The van der Waals surface area contributed by atoms with Crippen molar-refractivity contribution in [1.29, 1.82) is 0 Å². The summed E-state index contributed by atoms with van der Waals surface area (Å²) >= 11 is 1.56. The number of rotatable bonds is 0. The molecule has 2 heterocycles. The SMILES string of the molecule is Nc1nc2c(s1)CC[C@@H]1[C@H]2CCCN1C(=O)O. The molecule has 2 aliphatic rings. The van der Waals surface area contributed by atoms with Crippen LogP contribution >= 0.6 is 11.3 Å². The van der Waals surface area contributed by atoms with Crippen LogP contribution in [0.15, 0.2) is 0 Å². The molecule has 0 radical (unpaired) electrons. The van der Waals surface area contributed by atoms with Gasteiger partial charge in [0.25, 0.3) is 0 Å². The summed E-state index contributed by atoms with van der Waals surface area (Å²) in [6, 6.07) is 0.107. The molecule has 3 rings (SSSR count). The quantitative estimate of drug-likeness (QED) is 0.740. The van der Waals surface area contributed by atoms with Crippen LogP contribution in [0, 0.1) is 0 Å². The summed E-state index contributed by atoms with van der Waals surface area (Å²) in [7, 11) is 0. The fourth-order valence-electron chi connectivity index (χ4n) is 3.10. The van der Waals surface area contributed by atoms with Crippen LogP contribution in [-0.2, 0) is 6.42 Å². The lowest BCUT2D eigenvalue weighted by Gasteiger charge is -2.41. The van der Waals surface area contributed by atoms with Gasteiger partial charge in [-0.15, -0.1) is 11.3 Å². The first kappa shape index (κ1) is 10.8. The fourth-order valence-corrected chi connectivity index (χ4v) is 4.02. The number of nitrogen functional groups attached to an aromatic ring is 1. The van der Waals surface area contributed by atoms with E-state index in [1.54, 1.807) is 16.2 Å². The third kappa shape index (κ3) is 1.67. The molecule has 1 aromatic rings. The van der Waals surface area contributed by atoms with Gasteiger partial charge >= 0.3 is 6.09 Å². The van der Waals surface area contributed by atoms with E-state index in [1.165, 1.54) is 4.88 Å². The van der Waals surface area contributed by atoms with Crippen molar-refractivity contribution in [3.8, 4) is 0 Å². The minimum absolute atomic E-state index is 0.107. The maximum absolute atomic E-state index is 11.2. The number of nitrogens with two attached hydrogens (primary N) is 1. The second-order valence-electron chi connectivity index (χ2n) is 4.69. The third-order valence-corrected chi connectivity index (χ3v) is 4.75. The van der Waals surface area contributed by atoms with Crippen LogP contribution in [0.25, 0.3) is 0 Å². The predicted octanol–water partition coefficient (Wildman–Crippen LogP) is 1.90. The lowest BCUT2D eigenvalue weighted by atomic mass is 9.79. The highest BCUT2D eigenvalue weighted by molar-refractivity contribution is 7.15. The Morgan fingerprint density at radius 2 is 2.35 bits per heavy atom. The van der Waals surface area contributed by atoms with Gasteiger partial charge < -0.3 is 15.7 Å². The third-order valence-electron chi connectivity index (χ3n) is 3.79. The summed E-state index contributed by atoms with van der Waals surface area (Å²) in [5.41, 5.74) is 6.82. The molecule has 17 heavy (non-hydrogen) atoms. The van der Waals surface area contributed by atoms with E-state index in [4.69, 9.17) is 5.73 Å². The number of amides is 1. The Balaban J connectivity index is 1.95. The number of fused-ring (bicyclic) bond motifs is 3.